The van der Waals surface area contributed by atoms with Gasteiger partial charge < -0.3 is 15.4 Å². The number of nitrogens with zero attached hydrogens (tertiary/aromatic N) is 3. The molecular weight excluding hydrogens is 302 g/mol. The largest absolute Gasteiger partial charge is 0.376 e. The standard InChI is InChI=1S/C18H25N5O/c1-12(2)15-8-4-6-13(3)17(15)22-18-21-16(11-20-23-18)19-10-14-7-5-9-24-14/h4,6,8,11-12,14H,5,7,9-10H2,1-3H3,(H2,19,21,22,23). The number of aryl methyl sites for hydroxylation is 1. The van der Waals surface area contributed by atoms with Gasteiger partial charge in [-0.1, -0.05) is 32.0 Å². The van der Waals surface area contributed by atoms with Crippen LogP contribution in [0.1, 0.15) is 43.7 Å². The van der Waals surface area contributed by atoms with Crippen molar-refractivity contribution < 1.29 is 4.74 Å². The van der Waals surface area contributed by atoms with E-state index in [0.717, 1.165) is 31.7 Å². The number of rotatable bonds is 6. The third-order valence-electron chi connectivity index (χ3n) is 4.26. The van der Waals surface area contributed by atoms with Crippen LogP contribution in [-0.4, -0.2) is 34.4 Å². The van der Waals surface area contributed by atoms with Gasteiger partial charge in [0.2, 0.25) is 5.95 Å². The number of para-hydroxylation sites is 1. The van der Waals surface area contributed by atoms with Crippen LogP contribution in [0.2, 0.25) is 0 Å². The molecule has 2 heterocycles. The molecule has 3 rings (SSSR count). The normalized spacial score (nSPS) is 17.2. The van der Waals surface area contributed by atoms with Crippen LogP contribution in [0.5, 0.6) is 0 Å². The van der Waals surface area contributed by atoms with Gasteiger partial charge in [0.25, 0.3) is 0 Å². The van der Waals surface area contributed by atoms with Gasteiger partial charge in [-0.15, -0.1) is 5.10 Å². The second-order valence-electron chi connectivity index (χ2n) is 6.50. The maximum Gasteiger partial charge on any atom is 0.249 e. The van der Waals surface area contributed by atoms with Crippen molar-refractivity contribution in [1.82, 2.24) is 15.2 Å². The van der Waals surface area contributed by atoms with Crippen LogP contribution < -0.4 is 10.6 Å². The zero-order valence-corrected chi connectivity index (χ0v) is 14.5. The summed E-state index contributed by atoms with van der Waals surface area (Å²) in [6, 6.07) is 6.29. The minimum Gasteiger partial charge on any atom is -0.376 e. The van der Waals surface area contributed by atoms with Gasteiger partial charge in [0, 0.05) is 18.8 Å². The lowest BCUT2D eigenvalue weighted by Crippen LogP contribution is -2.19. The SMILES string of the molecule is Cc1cccc(C(C)C)c1Nc1nncc(NCC2CCCO2)n1. The topological polar surface area (TPSA) is 72.0 Å². The van der Waals surface area contributed by atoms with Gasteiger partial charge in [0.15, 0.2) is 5.82 Å². The Labute approximate surface area is 143 Å². The summed E-state index contributed by atoms with van der Waals surface area (Å²) < 4.78 is 5.62. The molecule has 1 aromatic heterocycles. The quantitative estimate of drug-likeness (QED) is 0.844. The maximum atomic E-state index is 5.62. The Morgan fingerprint density at radius 1 is 1.33 bits per heavy atom. The highest BCUT2D eigenvalue weighted by Gasteiger charge is 2.15. The molecule has 1 fully saturated rings. The van der Waals surface area contributed by atoms with Gasteiger partial charge in [0.05, 0.1) is 12.3 Å². The highest BCUT2D eigenvalue weighted by molar-refractivity contribution is 5.64. The molecule has 1 unspecified atom stereocenters. The number of hydrogen-bond donors (Lipinski definition) is 2. The van der Waals surface area contributed by atoms with Gasteiger partial charge in [0.1, 0.15) is 0 Å². The van der Waals surface area contributed by atoms with Gasteiger partial charge in [-0.2, -0.15) is 10.1 Å². The molecule has 0 radical (unpaired) electrons. The first-order chi connectivity index (χ1) is 11.6. The minimum absolute atomic E-state index is 0.264. The van der Waals surface area contributed by atoms with E-state index >= 15 is 0 Å². The number of ether oxygens (including phenoxy) is 1. The molecular formula is C18H25N5O. The first kappa shape index (κ1) is 16.6. The molecule has 0 spiro atoms. The molecule has 0 amide bonds. The summed E-state index contributed by atoms with van der Waals surface area (Å²) in [6.07, 6.45) is 4.13. The van der Waals surface area contributed by atoms with Crippen molar-refractivity contribution in [1.29, 1.82) is 0 Å². The van der Waals surface area contributed by atoms with Crippen LogP contribution in [0.3, 0.4) is 0 Å². The maximum absolute atomic E-state index is 5.62. The summed E-state index contributed by atoms with van der Waals surface area (Å²) in [5, 5.41) is 14.8. The molecule has 128 valence electrons. The third-order valence-corrected chi connectivity index (χ3v) is 4.26. The molecule has 1 aromatic carbocycles. The number of aromatic nitrogens is 3. The van der Waals surface area contributed by atoms with Gasteiger partial charge in [-0.05, 0) is 36.8 Å². The summed E-state index contributed by atoms with van der Waals surface area (Å²) in [5.74, 6) is 1.63. The Balaban J connectivity index is 1.73. The van der Waals surface area contributed by atoms with Crippen LogP contribution in [-0.2, 0) is 4.74 Å². The van der Waals surface area contributed by atoms with Crippen molar-refractivity contribution in [3.63, 3.8) is 0 Å². The second kappa shape index (κ2) is 7.57. The fourth-order valence-electron chi connectivity index (χ4n) is 2.92. The molecule has 2 aromatic rings. The van der Waals surface area contributed by atoms with Crippen LogP contribution in [0, 0.1) is 6.92 Å². The van der Waals surface area contributed by atoms with E-state index in [1.165, 1.54) is 11.1 Å². The van der Waals surface area contributed by atoms with E-state index < -0.39 is 0 Å². The molecule has 6 nitrogen and oxygen atoms in total. The van der Waals surface area contributed by atoms with Crippen LogP contribution in [0.4, 0.5) is 17.5 Å². The van der Waals surface area contributed by atoms with E-state index in [1.54, 1.807) is 6.20 Å². The molecule has 0 saturated carbocycles. The summed E-state index contributed by atoms with van der Waals surface area (Å²) in [4.78, 5) is 4.52. The Kier molecular flexibility index (Phi) is 5.25. The molecule has 0 bridgehead atoms. The highest BCUT2D eigenvalue weighted by Crippen LogP contribution is 2.29. The van der Waals surface area contributed by atoms with E-state index in [9.17, 15) is 0 Å². The number of nitrogens with one attached hydrogen (secondary N) is 2. The van der Waals surface area contributed by atoms with E-state index in [-0.39, 0.29) is 6.10 Å². The Morgan fingerprint density at radius 3 is 2.96 bits per heavy atom. The average Bonchev–Trinajstić information content (AvgIpc) is 3.08. The van der Waals surface area contributed by atoms with Crippen molar-refractivity contribution in [2.24, 2.45) is 0 Å². The minimum atomic E-state index is 0.264. The van der Waals surface area contributed by atoms with E-state index in [2.05, 4.69) is 64.8 Å². The van der Waals surface area contributed by atoms with Crippen molar-refractivity contribution in [2.75, 3.05) is 23.8 Å². The average molecular weight is 327 g/mol. The van der Waals surface area contributed by atoms with Crippen molar-refractivity contribution >= 4 is 17.5 Å². The van der Waals surface area contributed by atoms with Crippen LogP contribution >= 0.6 is 0 Å². The van der Waals surface area contributed by atoms with Crippen LogP contribution in [0.25, 0.3) is 0 Å². The summed E-state index contributed by atoms with van der Waals surface area (Å²) >= 11 is 0. The molecule has 1 atom stereocenters. The predicted molar refractivity (Wildman–Crippen MR) is 95.8 cm³/mol. The number of anilines is 3. The first-order valence-electron chi connectivity index (χ1n) is 8.55. The lowest BCUT2D eigenvalue weighted by molar-refractivity contribution is 0.120. The molecule has 2 N–H and O–H groups in total. The van der Waals surface area contributed by atoms with Gasteiger partial charge in [-0.3, -0.25) is 0 Å². The molecule has 0 aliphatic carbocycles. The van der Waals surface area contributed by atoms with E-state index in [4.69, 9.17) is 4.74 Å². The molecule has 6 heteroatoms. The summed E-state index contributed by atoms with van der Waals surface area (Å²) in [7, 11) is 0. The Bertz CT molecular complexity index is 683. The fourth-order valence-corrected chi connectivity index (χ4v) is 2.92. The monoisotopic (exact) mass is 327 g/mol. The van der Waals surface area contributed by atoms with E-state index in [1.807, 2.05) is 0 Å². The molecule has 1 aliphatic heterocycles. The zero-order chi connectivity index (χ0) is 16.9. The zero-order valence-electron chi connectivity index (χ0n) is 14.5. The van der Waals surface area contributed by atoms with Crippen molar-refractivity contribution in [3.05, 3.63) is 35.5 Å². The number of benzene rings is 1. The van der Waals surface area contributed by atoms with Crippen molar-refractivity contribution in [3.8, 4) is 0 Å². The van der Waals surface area contributed by atoms with E-state index in [0.29, 0.717) is 17.7 Å². The smallest absolute Gasteiger partial charge is 0.249 e. The Hall–Kier alpha value is -2.21. The Morgan fingerprint density at radius 2 is 2.21 bits per heavy atom. The van der Waals surface area contributed by atoms with Crippen LogP contribution in [0.15, 0.2) is 24.4 Å². The van der Waals surface area contributed by atoms with Gasteiger partial charge >= 0.3 is 0 Å². The molecule has 24 heavy (non-hydrogen) atoms. The molecule has 1 aliphatic rings. The highest BCUT2D eigenvalue weighted by atomic mass is 16.5. The predicted octanol–water partition coefficient (Wildman–Crippen LogP) is 3.64. The fraction of sp³-hybridized carbons (Fsp3) is 0.500. The second-order valence-corrected chi connectivity index (χ2v) is 6.50. The lowest BCUT2D eigenvalue weighted by Gasteiger charge is -2.16. The summed E-state index contributed by atoms with van der Waals surface area (Å²) in [6.45, 7) is 8.05. The number of hydrogen-bond acceptors (Lipinski definition) is 6. The van der Waals surface area contributed by atoms with Crippen molar-refractivity contribution in [2.45, 2.75) is 45.6 Å². The lowest BCUT2D eigenvalue weighted by atomic mass is 9.98. The van der Waals surface area contributed by atoms with Gasteiger partial charge in [-0.25, -0.2) is 0 Å². The molecule has 1 saturated heterocycles. The first-order valence-corrected chi connectivity index (χ1v) is 8.55. The summed E-state index contributed by atoms with van der Waals surface area (Å²) in [5.41, 5.74) is 3.48. The third kappa shape index (κ3) is 4.00.